The first-order chi connectivity index (χ1) is 6.63. The fraction of sp³-hybridized carbons (Fsp3) is 0.333. The Morgan fingerprint density at radius 2 is 2.29 bits per heavy atom. The van der Waals surface area contributed by atoms with Crippen molar-refractivity contribution in [1.29, 1.82) is 0 Å². The molecule has 76 valence electrons. The van der Waals surface area contributed by atoms with Crippen molar-refractivity contribution >= 4 is 5.97 Å². The number of carbonyl (C=O) groups excluding carboxylic acids is 1. The van der Waals surface area contributed by atoms with Gasteiger partial charge in [-0.2, -0.15) is 4.39 Å². The number of ether oxygens (including phenoxy) is 1. The zero-order valence-electron chi connectivity index (χ0n) is 7.59. The number of hydrogen-bond donors (Lipinski definition) is 0. The van der Waals surface area contributed by atoms with Crippen LogP contribution in [0.15, 0.2) is 12.3 Å². The summed E-state index contributed by atoms with van der Waals surface area (Å²) in [4.78, 5) is 14.0. The number of nitrogens with zero attached hydrogens (tertiary/aromatic N) is 1. The Morgan fingerprint density at radius 3 is 2.93 bits per heavy atom. The lowest BCUT2D eigenvalue weighted by atomic mass is 10.2. The molecule has 0 atom stereocenters. The van der Waals surface area contributed by atoms with E-state index >= 15 is 0 Å². The Kier molecular flexibility index (Phi) is 3.50. The highest BCUT2D eigenvalue weighted by atomic mass is 19.1. The van der Waals surface area contributed by atoms with Crippen molar-refractivity contribution in [3.8, 4) is 0 Å². The number of hydrogen-bond acceptors (Lipinski definition) is 3. The second-order valence-corrected chi connectivity index (χ2v) is 2.58. The van der Waals surface area contributed by atoms with Crippen molar-refractivity contribution in [1.82, 2.24) is 4.98 Å². The Labute approximate surface area is 79.7 Å². The highest BCUT2D eigenvalue weighted by Crippen LogP contribution is 2.08. The van der Waals surface area contributed by atoms with Crippen molar-refractivity contribution in [2.75, 3.05) is 6.61 Å². The lowest BCUT2D eigenvalue weighted by molar-refractivity contribution is -0.142. The number of halogens is 2. The molecule has 0 amide bonds. The van der Waals surface area contributed by atoms with Gasteiger partial charge in [0.05, 0.1) is 19.2 Å². The summed E-state index contributed by atoms with van der Waals surface area (Å²) < 4.78 is 30.1. The van der Waals surface area contributed by atoms with E-state index in [0.717, 1.165) is 12.3 Å². The average molecular weight is 201 g/mol. The minimum Gasteiger partial charge on any atom is -0.466 e. The van der Waals surface area contributed by atoms with E-state index in [1.807, 2.05) is 0 Å². The molecule has 0 fully saturated rings. The van der Waals surface area contributed by atoms with Crippen LogP contribution in [-0.4, -0.2) is 17.6 Å². The second kappa shape index (κ2) is 4.64. The van der Waals surface area contributed by atoms with E-state index in [4.69, 9.17) is 0 Å². The van der Waals surface area contributed by atoms with Crippen molar-refractivity contribution in [2.24, 2.45) is 0 Å². The second-order valence-electron chi connectivity index (χ2n) is 2.58. The monoisotopic (exact) mass is 201 g/mol. The summed E-state index contributed by atoms with van der Waals surface area (Å²) in [5, 5.41) is 0. The predicted octanol–water partition coefficient (Wildman–Crippen LogP) is 1.47. The highest BCUT2D eigenvalue weighted by Gasteiger charge is 2.10. The summed E-state index contributed by atoms with van der Waals surface area (Å²) in [6.07, 6.45) is 0.461. The average Bonchev–Trinajstić information content (AvgIpc) is 2.12. The van der Waals surface area contributed by atoms with Crippen LogP contribution in [-0.2, 0) is 16.0 Å². The highest BCUT2D eigenvalue weighted by molar-refractivity contribution is 5.72. The molecule has 3 nitrogen and oxygen atoms in total. The lowest BCUT2D eigenvalue weighted by Crippen LogP contribution is -2.09. The van der Waals surface area contributed by atoms with Gasteiger partial charge < -0.3 is 4.74 Å². The van der Waals surface area contributed by atoms with Gasteiger partial charge in [0.1, 0.15) is 5.82 Å². The van der Waals surface area contributed by atoms with Crippen molar-refractivity contribution < 1.29 is 18.3 Å². The topological polar surface area (TPSA) is 39.2 Å². The van der Waals surface area contributed by atoms with Crippen LogP contribution < -0.4 is 0 Å². The molecular formula is C9H9F2NO2. The molecule has 0 aliphatic rings. The van der Waals surface area contributed by atoms with Crippen molar-refractivity contribution in [3.05, 3.63) is 29.6 Å². The molecule has 5 heteroatoms. The standard InChI is InChI=1S/C9H9F2NO2/c1-2-14-9(13)4-6-3-8(11)12-5-7(6)10/h3,5H,2,4H2,1H3. The zero-order valence-corrected chi connectivity index (χ0v) is 7.59. The van der Waals surface area contributed by atoms with Crippen molar-refractivity contribution in [2.45, 2.75) is 13.3 Å². The molecule has 0 saturated heterocycles. The molecule has 0 aromatic carbocycles. The van der Waals surface area contributed by atoms with Crippen LogP contribution in [0.5, 0.6) is 0 Å². The Bertz CT molecular complexity index is 342. The first kappa shape index (κ1) is 10.6. The fourth-order valence-corrected chi connectivity index (χ4v) is 0.954. The van der Waals surface area contributed by atoms with Crippen LogP contribution in [0.25, 0.3) is 0 Å². The van der Waals surface area contributed by atoms with Gasteiger partial charge in [0.15, 0.2) is 0 Å². The SMILES string of the molecule is CCOC(=O)Cc1cc(F)ncc1F. The first-order valence-corrected chi connectivity index (χ1v) is 4.09. The maximum absolute atomic E-state index is 12.9. The molecule has 0 spiro atoms. The zero-order chi connectivity index (χ0) is 10.6. The van der Waals surface area contributed by atoms with Gasteiger partial charge in [0, 0.05) is 5.56 Å². The third kappa shape index (κ3) is 2.76. The smallest absolute Gasteiger partial charge is 0.310 e. The van der Waals surface area contributed by atoms with E-state index in [9.17, 15) is 13.6 Å². The molecule has 14 heavy (non-hydrogen) atoms. The van der Waals surface area contributed by atoms with Gasteiger partial charge >= 0.3 is 5.97 Å². The van der Waals surface area contributed by atoms with Crippen molar-refractivity contribution in [3.63, 3.8) is 0 Å². The van der Waals surface area contributed by atoms with Gasteiger partial charge in [0.2, 0.25) is 5.95 Å². The number of aromatic nitrogens is 1. The van der Waals surface area contributed by atoms with Crippen LogP contribution in [0.3, 0.4) is 0 Å². The molecular weight excluding hydrogens is 192 g/mol. The van der Waals surface area contributed by atoms with Gasteiger partial charge in [-0.1, -0.05) is 0 Å². The van der Waals surface area contributed by atoms with Crippen LogP contribution in [0.1, 0.15) is 12.5 Å². The maximum Gasteiger partial charge on any atom is 0.310 e. The Morgan fingerprint density at radius 1 is 1.57 bits per heavy atom. The number of carbonyl (C=O) groups is 1. The van der Waals surface area contributed by atoms with E-state index in [0.29, 0.717) is 0 Å². The molecule has 0 N–H and O–H groups in total. The maximum atomic E-state index is 12.9. The number of pyridine rings is 1. The third-order valence-corrected chi connectivity index (χ3v) is 1.54. The van der Waals surface area contributed by atoms with E-state index < -0.39 is 17.7 Å². The lowest BCUT2D eigenvalue weighted by Gasteiger charge is -2.02. The molecule has 1 aromatic rings. The van der Waals surface area contributed by atoms with Gasteiger partial charge in [0.25, 0.3) is 0 Å². The fourth-order valence-electron chi connectivity index (χ4n) is 0.954. The summed E-state index contributed by atoms with van der Waals surface area (Å²) in [6, 6.07) is 0.881. The van der Waals surface area contributed by atoms with Crippen LogP contribution in [0.4, 0.5) is 8.78 Å². The summed E-state index contributed by atoms with van der Waals surface area (Å²) in [5.74, 6) is -2.11. The van der Waals surface area contributed by atoms with E-state index in [1.54, 1.807) is 6.92 Å². The molecule has 0 bridgehead atoms. The summed E-state index contributed by atoms with van der Waals surface area (Å²) in [6.45, 7) is 1.86. The van der Waals surface area contributed by atoms with Crippen LogP contribution >= 0.6 is 0 Å². The molecule has 0 aliphatic heterocycles. The van der Waals surface area contributed by atoms with Gasteiger partial charge in [-0.05, 0) is 13.0 Å². The summed E-state index contributed by atoms with van der Waals surface area (Å²) in [5.41, 5.74) is -0.0454. The normalized spacial score (nSPS) is 9.93. The third-order valence-electron chi connectivity index (χ3n) is 1.54. The molecule has 1 heterocycles. The molecule has 0 unspecified atom stereocenters. The Hall–Kier alpha value is -1.52. The minimum absolute atomic E-state index is 0.0454. The molecule has 1 rings (SSSR count). The molecule has 0 aliphatic carbocycles. The molecule has 0 radical (unpaired) electrons. The predicted molar refractivity (Wildman–Crippen MR) is 44.5 cm³/mol. The van der Waals surface area contributed by atoms with E-state index in [-0.39, 0.29) is 18.6 Å². The first-order valence-electron chi connectivity index (χ1n) is 4.09. The largest absolute Gasteiger partial charge is 0.466 e. The number of esters is 1. The Balaban J connectivity index is 2.75. The van der Waals surface area contributed by atoms with Gasteiger partial charge in [-0.3, -0.25) is 4.79 Å². The van der Waals surface area contributed by atoms with Crippen LogP contribution in [0.2, 0.25) is 0 Å². The van der Waals surface area contributed by atoms with Crippen LogP contribution in [0, 0.1) is 11.8 Å². The van der Waals surface area contributed by atoms with E-state index in [2.05, 4.69) is 9.72 Å². The summed E-state index contributed by atoms with van der Waals surface area (Å²) >= 11 is 0. The minimum atomic E-state index is -0.814. The van der Waals surface area contributed by atoms with Gasteiger partial charge in [-0.15, -0.1) is 0 Å². The van der Waals surface area contributed by atoms with E-state index in [1.165, 1.54) is 0 Å². The number of rotatable bonds is 3. The quantitative estimate of drug-likeness (QED) is 0.549. The summed E-state index contributed by atoms with van der Waals surface area (Å²) in [7, 11) is 0. The van der Waals surface area contributed by atoms with Gasteiger partial charge in [-0.25, -0.2) is 9.37 Å². The molecule has 0 saturated carbocycles. The molecule has 1 aromatic heterocycles.